The van der Waals surface area contributed by atoms with Crippen LogP contribution in [0.3, 0.4) is 0 Å². The average Bonchev–Trinajstić information content (AvgIpc) is 4.45. The number of nitrogens with zero attached hydrogens (tertiary/aromatic N) is 10. The first kappa shape index (κ1) is 51.6. The fourth-order valence-corrected chi connectivity index (χ4v) is 8.54. The molecular formula is C57H61BF2N12O2U. The summed E-state index contributed by atoms with van der Waals surface area (Å²) in [5, 5.41) is 55.9. The third-order valence-corrected chi connectivity index (χ3v) is 12.7. The Morgan fingerprint density at radius 1 is 0.707 bits per heavy atom. The van der Waals surface area contributed by atoms with Crippen LogP contribution >= 0.6 is 0 Å². The first-order valence-electron chi connectivity index (χ1n) is 26.1. The number of benzene rings is 4. The Morgan fingerprint density at radius 3 is 1.52 bits per heavy atom. The molecule has 2 aliphatic rings. The molecule has 2 aliphatic carbocycles. The van der Waals surface area contributed by atoms with Gasteiger partial charge in [0.15, 0.2) is 0 Å². The fourth-order valence-electron chi connectivity index (χ4n) is 8.54. The molecule has 3 N–H and O–H groups in total. The van der Waals surface area contributed by atoms with Gasteiger partial charge < -0.3 is 20.5 Å². The number of nitriles is 2. The maximum absolute atomic E-state index is 13.8. The summed E-state index contributed by atoms with van der Waals surface area (Å²) in [7, 11) is 5.33. The van der Waals surface area contributed by atoms with E-state index in [1.165, 1.54) is 30.5 Å². The van der Waals surface area contributed by atoms with Crippen LogP contribution in [0, 0.1) is 76.2 Å². The molecule has 4 heterocycles. The van der Waals surface area contributed by atoms with Gasteiger partial charge in [0, 0.05) is 103 Å². The molecule has 0 amide bonds. The smallest absolute Gasteiger partial charge is 0.145 e. The van der Waals surface area contributed by atoms with Crippen LogP contribution in [0.4, 0.5) is 20.2 Å². The van der Waals surface area contributed by atoms with Crippen LogP contribution in [0.5, 0.6) is 11.5 Å². The number of phenols is 1. The van der Waals surface area contributed by atoms with Gasteiger partial charge in [-0.1, -0.05) is 76.2 Å². The summed E-state index contributed by atoms with van der Waals surface area (Å²) in [6.45, 7) is 13.9. The first-order chi connectivity index (χ1) is 36.7. The molecule has 2 atom stereocenters. The molecule has 14 nitrogen and oxygen atoms in total. The number of halogens is 2. The zero-order valence-corrected chi connectivity index (χ0v) is 47.4. The Balaban J connectivity index is 0.000000217. The Bertz CT molecular complexity index is 3500. The van der Waals surface area contributed by atoms with E-state index in [9.17, 15) is 27.2 Å². The summed E-state index contributed by atoms with van der Waals surface area (Å²) in [4.78, 5) is 8.84. The van der Waals surface area contributed by atoms with E-state index in [0.29, 0.717) is 97.9 Å². The van der Waals surface area contributed by atoms with Crippen LogP contribution in [0.1, 0.15) is 139 Å². The van der Waals surface area contributed by atoms with E-state index in [4.69, 9.17) is 6.07 Å². The number of hydrogen-bond donors (Lipinski definition) is 3. The Morgan fingerprint density at radius 2 is 1.12 bits per heavy atom. The second kappa shape index (κ2) is 23.4. The number of phenolic OH excluding ortho intramolecular Hbond substituents is 1. The van der Waals surface area contributed by atoms with Gasteiger partial charge in [-0.15, -0.1) is 10.2 Å². The van der Waals surface area contributed by atoms with Gasteiger partial charge in [0.2, 0.25) is 0 Å². The monoisotopic (exact) mass is 1240 g/mol. The van der Waals surface area contributed by atoms with Gasteiger partial charge in [-0.3, -0.25) is 9.97 Å². The molecule has 0 aliphatic heterocycles. The van der Waals surface area contributed by atoms with Crippen LogP contribution in [0.25, 0.3) is 21.8 Å². The summed E-state index contributed by atoms with van der Waals surface area (Å²) >= 11 is 0. The van der Waals surface area contributed by atoms with Gasteiger partial charge >= 0.3 is 0 Å². The number of pyridine rings is 2. The number of methoxy groups -OCH3 is 1. The van der Waals surface area contributed by atoms with Crippen molar-refractivity contribution in [3.8, 4) is 23.6 Å². The van der Waals surface area contributed by atoms with E-state index in [1.807, 2.05) is 29.1 Å². The molecule has 8 aromatic rings. The van der Waals surface area contributed by atoms with Gasteiger partial charge in [-0.2, -0.15) is 10.5 Å². The molecule has 0 unspecified atom stereocenters. The molecule has 0 saturated heterocycles. The Labute approximate surface area is 466 Å². The van der Waals surface area contributed by atoms with E-state index >= 15 is 0 Å². The van der Waals surface area contributed by atoms with Crippen molar-refractivity contribution in [3.05, 3.63) is 154 Å². The minimum Gasteiger partial charge on any atom is -0.506 e. The molecule has 2 radical (unpaired) electrons. The zero-order valence-electron chi connectivity index (χ0n) is 46.2. The maximum Gasteiger partial charge on any atom is 0.145 e. The van der Waals surface area contributed by atoms with Crippen molar-refractivity contribution in [2.75, 3.05) is 30.8 Å². The molecule has 0 bridgehead atoms. The van der Waals surface area contributed by atoms with Crippen LogP contribution in [0.2, 0.25) is 0 Å². The maximum atomic E-state index is 13.8. The number of aromatic hydroxyl groups is 1. The van der Waals surface area contributed by atoms with Gasteiger partial charge in [0.05, 0.1) is 53.1 Å². The summed E-state index contributed by atoms with van der Waals surface area (Å²) in [6, 6.07) is 24.1. The van der Waals surface area contributed by atoms with Gasteiger partial charge in [0.25, 0.3) is 0 Å². The van der Waals surface area contributed by atoms with E-state index in [0.717, 1.165) is 36.6 Å². The van der Waals surface area contributed by atoms with E-state index in [2.05, 4.69) is 103 Å². The molecule has 382 valence electrons. The number of anilines is 2. The fraction of sp³-hybridized carbons (Fsp3) is 0.368. The summed E-state index contributed by atoms with van der Waals surface area (Å²) < 4.78 is 61.4. The topological polar surface area (TPSA) is 188 Å². The van der Waals surface area contributed by atoms with Crippen molar-refractivity contribution < 1.29 is 52.5 Å². The van der Waals surface area contributed by atoms with Gasteiger partial charge in [-0.05, 0) is 121 Å². The molecule has 4 aromatic carbocycles. The Hall–Kier alpha value is -6.86. The van der Waals surface area contributed by atoms with Crippen molar-refractivity contribution in [1.29, 1.82) is 11.9 Å². The second-order valence-electron chi connectivity index (χ2n) is 21.3. The van der Waals surface area contributed by atoms with Crippen LogP contribution in [0.15, 0.2) is 97.6 Å². The largest absolute Gasteiger partial charge is 0.506 e. The van der Waals surface area contributed by atoms with E-state index in [1.54, 1.807) is 54.5 Å². The van der Waals surface area contributed by atoms with E-state index < -0.39 is 11.8 Å². The minimum atomic E-state index is -1.39. The summed E-state index contributed by atoms with van der Waals surface area (Å²) in [6.07, 6.45) is 11.1. The Kier molecular flexibility index (Phi) is 16.1. The third kappa shape index (κ3) is 13.5. The molecule has 4 aromatic heterocycles. The normalized spacial score (nSPS) is 15.4. The van der Waals surface area contributed by atoms with Crippen molar-refractivity contribution in [1.82, 2.24) is 40.0 Å². The standard InChI is InChI=1S/C29H31FN6O.C28H29FN6O.BH.U/c1-29(2,3)17-33-27-20(14-31)15-32-28-24(27)12-18(13-26(28)37-4)11-23(19-5-7-21(30)8-6-19)25-16-36(35-34-25)22-9-10-22;1-28(2,3)16-32-26-19(13-30)14-31-27-23(26)11-17(12-25(27)36)10-22(18-4-6-20(29)7-5-18)24-15-35(34-33-24)21-8-9-21;;/h5-8,12-13,15-16,22-23H,9-11,17H2,1-4H3,(H,32,33);4-7,11-12,14-15,21-22,36H,8-10,16H2,1-3H3,(H,31,32);1H;/t23-;22-;;/m11../s1/i23D;22D;1D;. The molecule has 10 rings (SSSR count). The van der Waals surface area contributed by atoms with Crippen molar-refractivity contribution >= 4 is 41.6 Å². The predicted molar refractivity (Wildman–Crippen MR) is 285 cm³/mol. The molecule has 18 heteroatoms. The number of rotatable bonds is 15. The number of aromatic nitrogens is 8. The quantitative estimate of drug-likeness (QED) is 0.0826. The molecule has 75 heavy (non-hydrogen) atoms. The summed E-state index contributed by atoms with van der Waals surface area (Å²) in [5.74, 6) is -2.97. The summed E-state index contributed by atoms with van der Waals surface area (Å²) in [5.41, 5.74) is 6.57. The number of fused-ring (bicyclic) bond motifs is 2. The van der Waals surface area contributed by atoms with Gasteiger partial charge in [0.1, 0.15) is 46.3 Å². The van der Waals surface area contributed by atoms with Crippen molar-refractivity contribution in [2.45, 2.75) is 104 Å². The third-order valence-electron chi connectivity index (χ3n) is 12.7. The van der Waals surface area contributed by atoms with Crippen molar-refractivity contribution in [2.24, 2.45) is 10.8 Å². The molecular weight excluding hydrogens is 1170 g/mol. The minimum absolute atomic E-state index is 0. The molecule has 0 spiro atoms. The SMILES string of the molecule is [2H][B].[2H][C@@](Cc1cc(O)c2ncc(C#N)c(NCC(C)(C)C)c2c1)(c1ccc(F)cc1)c1cn(C2CC2)nn1.[2H][C@@](Cc1cc(OC)c2ncc(C#N)c(NCC(C)(C)C)c2c1)(c1ccc(F)cc1)c1cn(C2CC2)nn1.[U]. The average molecular weight is 1240 g/mol. The van der Waals surface area contributed by atoms with Crippen LogP contribution < -0.4 is 15.4 Å². The predicted octanol–water partition coefficient (Wildman–Crippen LogP) is 11.1. The van der Waals surface area contributed by atoms with E-state index in [-0.39, 0.29) is 72.2 Å². The molecule has 2 fully saturated rings. The van der Waals surface area contributed by atoms with Crippen LogP contribution in [-0.4, -0.2) is 75.0 Å². The zero-order chi connectivity index (χ0) is 55.5. The van der Waals surface area contributed by atoms with Crippen LogP contribution in [-0.2, 0) is 12.8 Å². The number of nitrogens with one attached hydrogen (secondary N) is 2. The first-order valence-corrected chi connectivity index (χ1v) is 24.5. The van der Waals surface area contributed by atoms with Crippen molar-refractivity contribution in [3.63, 3.8) is 0 Å². The number of ether oxygens (including phenoxy) is 1. The molecule has 2 saturated carbocycles. The number of hydrogen-bond acceptors (Lipinski definition) is 12. The van der Waals surface area contributed by atoms with Gasteiger partial charge in [-0.25, -0.2) is 18.1 Å². The second-order valence-corrected chi connectivity index (χ2v) is 21.3.